The number of nitrogens with zero attached hydrogens (tertiary/aromatic N) is 3. The fourth-order valence-electron chi connectivity index (χ4n) is 1.92. The van der Waals surface area contributed by atoms with Crippen molar-refractivity contribution in [2.45, 2.75) is 12.5 Å². The smallest absolute Gasteiger partial charge is 0.407 e. The maximum Gasteiger partial charge on any atom is 0.407 e. The molecule has 1 amide bonds. The van der Waals surface area contributed by atoms with Gasteiger partial charge in [-0.1, -0.05) is 0 Å². The summed E-state index contributed by atoms with van der Waals surface area (Å²) in [6.07, 6.45) is 0.316. The first kappa shape index (κ1) is 13.1. The molecule has 1 aromatic heterocycles. The number of carboxylic acids is 1. The number of nitrogens with one attached hydrogen (secondary N) is 1. The normalized spacial score (nSPS) is 18.2. The van der Waals surface area contributed by atoms with Crippen LogP contribution in [0.25, 0.3) is 0 Å². The third-order valence-corrected chi connectivity index (χ3v) is 2.89. The van der Waals surface area contributed by atoms with Crippen LogP contribution in [0, 0.1) is 0 Å². The maximum absolute atomic E-state index is 11.1. The highest BCUT2D eigenvalue weighted by Gasteiger charge is 2.25. The monoisotopic (exact) mass is 266 g/mol. The van der Waals surface area contributed by atoms with E-state index in [1.54, 1.807) is 6.07 Å². The fraction of sp³-hybridized carbons (Fsp3) is 0.455. The molecule has 1 saturated heterocycles. The van der Waals surface area contributed by atoms with Crippen molar-refractivity contribution < 1.29 is 19.4 Å². The molecule has 1 unspecified atom stereocenters. The Morgan fingerprint density at radius 1 is 1.47 bits per heavy atom. The van der Waals surface area contributed by atoms with Crippen molar-refractivity contribution in [3.05, 3.63) is 17.8 Å². The number of hydrogen-bond acceptors (Lipinski definition) is 6. The second-order valence-electron chi connectivity index (χ2n) is 4.15. The number of carbonyl (C=O) groups is 2. The summed E-state index contributed by atoms with van der Waals surface area (Å²) in [7, 11) is 1.32. The van der Waals surface area contributed by atoms with Gasteiger partial charge in [-0.3, -0.25) is 0 Å². The lowest BCUT2D eigenvalue weighted by atomic mass is 10.3. The lowest BCUT2D eigenvalue weighted by molar-refractivity contribution is 0.0689. The number of anilines is 1. The van der Waals surface area contributed by atoms with E-state index in [1.807, 2.05) is 4.90 Å². The van der Waals surface area contributed by atoms with Crippen molar-refractivity contribution in [1.29, 1.82) is 0 Å². The summed E-state index contributed by atoms with van der Waals surface area (Å²) in [6.45, 7) is 1.31. The van der Waals surface area contributed by atoms with Gasteiger partial charge in [-0.05, 0) is 18.6 Å². The van der Waals surface area contributed by atoms with Gasteiger partial charge in [0.25, 0.3) is 0 Å². The van der Waals surface area contributed by atoms with Crippen molar-refractivity contribution >= 4 is 17.9 Å². The van der Waals surface area contributed by atoms with E-state index in [2.05, 4.69) is 20.3 Å². The van der Waals surface area contributed by atoms with Crippen LogP contribution in [0.15, 0.2) is 12.1 Å². The number of alkyl carbamates (subject to hydrolysis) is 1. The summed E-state index contributed by atoms with van der Waals surface area (Å²) in [6, 6.07) is 3.01. The highest BCUT2D eigenvalue weighted by Crippen LogP contribution is 2.17. The highest BCUT2D eigenvalue weighted by molar-refractivity contribution is 5.85. The lowest BCUT2D eigenvalue weighted by Gasteiger charge is -2.16. The third-order valence-electron chi connectivity index (χ3n) is 2.89. The number of methoxy groups -OCH3 is 1. The van der Waals surface area contributed by atoms with Crippen molar-refractivity contribution in [2.75, 3.05) is 25.1 Å². The summed E-state index contributed by atoms with van der Waals surface area (Å²) < 4.78 is 4.53. The van der Waals surface area contributed by atoms with Crippen LogP contribution in [-0.4, -0.2) is 53.6 Å². The predicted octanol–water partition coefficient (Wildman–Crippen LogP) is 0.109. The van der Waals surface area contributed by atoms with Crippen LogP contribution in [0.1, 0.15) is 16.9 Å². The van der Waals surface area contributed by atoms with Crippen LogP contribution >= 0.6 is 0 Å². The largest absolute Gasteiger partial charge is 0.476 e. The zero-order valence-corrected chi connectivity index (χ0v) is 10.4. The second-order valence-corrected chi connectivity index (χ2v) is 4.15. The zero-order valence-electron chi connectivity index (χ0n) is 10.4. The summed E-state index contributed by atoms with van der Waals surface area (Å²) >= 11 is 0. The van der Waals surface area contributed by atoms with Gasteiger partial charge in [-0.15, -0.1) is 10.2 Å². The minimum atomic E-state index is -1.11. The standard InChI is InChI=1S/C11H14N4O4/c1-19-11(18)12-7-4-5-15(6-7)9-3-2-8(10(16)17)13-14-9/h2-3,7H,4-6H2,1H3,(H,12,18)(H,16,17). The van der Waals surface area contributed by atoms with E-state index in [9.17, 15) is 9.59 Å². The zero-order chi connectivity index (χ0) is 13.8. The van der Waals surface area contributed by atoms with Gasteiger partial charge in [0.2, 0.25) is 0 Å². The van der Waals surface area contributed by atoms with Crippen molar-refractivity contribution in [3.63, 3.8) is 0 Å². The number of aromatic nitrogens is 2. The van der Waals surface area contributed by atoms with Crippen molar-refractivity contribution in [3.8, 4) is 0 Å². The average molecular weight is 266 g/mol. The molecule has 0 aromatic carbocycles. The molecule has 2 heterocycles. The fourth-order valence-corrected chi connectivity index (χ4v) is 1.92. The van der Waals surface area contributed by atoms with Gasteiger partial charge in [0.15, 0.2) is 11.5 Å². The third kappa shape index (κ3) is 3.09. The summed E-state index contributed by atoms with van der Waals surface area (Å²) in [5.41, 5.74) is -0.0906. The molecule has 102 valence electrons. The Kier molecular flexibility index (Phi) is 3.79. The Morgan fingerprint density at radius 2 is 2.26 bits per heavy atom. The first-order chi connectivity index (χ1) is 9.10. The topological polar surface area (TPSA) is 105 Å². The number of carbonyl (C=O) groups excluding carboxylic acids is 1. The van der Waals surface area contributed by atoms with Crippen molar-refractivity contribution in [2.24, 2.45) is 0 Å². The van der Waals surface area contributed by atoms with Gasteiger partial charge in [0, 0.05) is 13.1 Å². The quantitative estimate of drug-likeness (QED) is 0.799. The summed E-state index contributed by atoms with van der Waals surface area (Å²) in [5.74, 6) is -0.509. The van der Waals surface area contributed by atoms with Crippen LogP contribution in [0.3, 0.4) is 0 Å². The Hall–Kier alpha value is -2.38. The number of ether oxygens (including phenoxy) is 1. The van der Waals surface area contributed by atoms with Gasteiger partial charge in [0.05, 0.1) is 13.2 Å². The maximum atomic E-state index is 11.1. The molecule has 19 heavy (non-hydrogen) atoms. The minimum absolute atomic E-state index is 0.00611. The van der Waals surface area contributed by atoms with Crippen LogP contribution in [0.5, 0.6) is 0 Å². The molecule has 1 aromatic rings. The molecule has 8 heteroatoms. The minimum Gasteiger partial charge on any atom is -0.476 e. The number of aromatic carboxylic acids is 1. The van der Waals surface area contributed by atoms with E-state index in [4.69, 9.17) is 5.11 Å². The highest BCUT2D eigenvalue weighted by atomic mass is 16.5. The number of rotatable bonds is 3. The molecule has 1 fully saturated rings. The van der Waals surface area contributed by atoms with E-state index in [0.717, 1.165) is 13.0 Å². The van der Waals surface area contributed by atoms with E-state index in [1.165, 1.54) is 13.2 Å². The van der Waals surface area contributed by atoms with Gasteiger partial charge in [-0.2, -0.15) is 0 Å². The number of hydrogen-bond donors (Lipinski definition) is 2. The van der Waals surface area contributed by atoms with Crippen LogP contribution in [0.4, 0.5) is 10.6 Å². The van der Waals surface area contributed by atoms with Crippen LogP contribution in [0.2, 0.25) is 0 Å². The van der Waals surface area contributed by atoms with Gasteiger partial charge >= 0.3 is 12.1 Å². The first-order valence-electron chi connectivity index (χ1n) is 5.76. The molecule has 1 aliphatic rings. The van der Waals surface area contributed by atoms with Crippen molar-refractivity contribution in [1.82, 2.24) is 15.5 Å². The SMILES string of the molecule is COC(=O)NC1CCN(c2ccc(C(=O)O)nn2)C1. The Bertz CT molecular complexity index is 476. The van der Waals surface area contributed by atoms with E-state index < -0.39 is 12.1 Å². The summed E-state index contributed by atoms with van der Waals surface area (Å²) in [5, 5.41) is 18.9. The Labute approximate surface area is 109 Å². The van der Waals surface area contributed by atoms with E-state index in [-0.39, 0.29) is 11.7 Å². The molecule has 0 spiro atoms. The first-order valence-corrected chi connectivity index (χ1v) is 5.76. The molecule has 1 atom stereocenters. The molecule has 8 nitrogen and oxygen atoms in total. The second kappa shape index (κ2) is 5.51. The van der Waals surface area contributed by atoms with Crippen LogP contribution in [-0.2, 0) is 4.74 Å². The Morgan fingerprint density at radius 3 is 2.84 bits per heavy atom. The molecule has 0 bridgehead atoms. The number of amides is 1. The molecular formula is C11H14N4O4. The molecule has 2 rings (SSSR count). The number of carboxylic acid groups (broad SMARTS) is 1. The predicted molar refractivity (Wildman–Crippen MR) is 65.2 cm³/mol. The molecule has 1 aliphatic heterocycles. The molecule has 0 aliphatic carbocycles. The van der Waals surface area contributed by atoms with Gasteiger partial charge in [0.1, 0.15) is 0 Å². The molecular weight excluding hydrogens is 252 g/mol. The molecule has 2 N–H and O–H groups in total. The summed E-state index contributed by atoms with van der Waals surface area (Å²) in [4.78, 5) is 23.7. The molecule has 0 radical (unpaired) electrons. The van der Waals surface area contributed by atoms with Gasteiger partial charge < -0.3 is 20.1 Å². The molecule has 0 saturated carbocycles. The van der Waals surface area contributed by atoms with Crippen LogP contribution < -0.4 is 10.2 Å². The lowest BCUT2D eigenvalue weighted by Crippen LogP contribution is -2.37. The Balaban J connectivity index is 1.96. The average Bonchev–Trinajstić information content (AvgIpc) is 2.87. The van der Waals surface area contributed by atoms with Gasteiger partial charge in [-0.25, -0.2) is 9.59 Å². The van der Waals surface area contributed by atoms with E-state index in [0.29, 0.717) is 12.4 Å². The van der Waals surface area contributed by atoms with E-state index >= 15 is 0 Å².